The number of amides is 1. The molecule has 36 heavy (non-hydrogen) atoms. The van der Waals surface area contributed by atoms with Crippen LogP contribution in [0.1, 0.15) is 31.9 Å². The molecule has 186 valence electrons. The highest BCUT2D eigenvalue weighted by atomic mass is 19.1. The second kappa shape index (κ2) is 10.7. The molecule has 0 bridgehead atoms. The first-order valence-electron chi connectivity index (χ1n) is 11.9. The van der Waals surface area contributed by atoms with Crippen LogP contribution in [0.15, 0.2) is 67.0 Å². The van der Waals surface area contributed by atoms with Gasteiger partial charge in [-0.1, -0.05) is 24.3 Å². The number of carbonyl (C=O) groups excluding carboxylic acids is 2. The lowest BCUT2D eigenvalue weighted by Crippen LogP contribution is -2.51. The smallest absolute Gasteiger partial charge is 0.397 e. The summed E-state index contributed by atoms with van der Waals surface area (Å²) in [5, 5.41) is 0. The Morgan fingerprint density at radius 3 is 2.14 bits per heavy atom. The number of anilines is 1. The molecule has 0 saturated carbocycles. The minimum atomic E-state index is -0.807. The van der Waals surface area contributed by atoms with Crippen molar-refractivity contribution in [1.82, 2.24) is 9.88 Å². The van der Waals surface area contributed by atoms with Crippen LogP contribution in [0.25, 0.3) is 23.3 Å². The van der Waals surface area contributed by atoms with Crippen LogP contribution in [0.3, 0.4) is 0 Å². The summed E-state index contributed by atoms with van der Waals surface area (Å²) in [6.45, 7) is 7.40. The van der Waals surface area contributed by atoms with Crippen LogP contribution in [0.4, 0.5) is 10.1 Å². The number of hydrogen-bond donors (Lipinski definition) is 0. The third-order valence-corrected chi connectivity index (χ3v) is 5.80. The molecule has 4 rings (SSSR count). The lowest BCUT2D eigenvalue weighted by Gasteiger charge is -2.36. The Labute approximate surface area is 211 Å². The number of piperazine rings is 1. The van der Waals surface area contributed by atoms with Gasteiger partial charge < -0.3 is 14.5 Å². The molecular weight excluding hydrogens is 457 g/mol. The van der Waals surface area contributed by atoms with Crippen LogP contribution in [0.2, 0.25) is 0 Å². The van der Waals surface area contributed by atoms with Gasteiger partial charge in [0.2, 0.25) is 0 Å². The molecule has 1 saturated heterocycles. The Hall–Kier alpha value is -4.00. The summed E-state index contributed by atoms with van der Waals surface area (Å²) in [7, 11) is 0. The molecule has 0 atom stereocenters. The van der Waals surface area contributed by atoms with E-state index in [0.717, 1.165) is 27.9 Å². The molecule has 1 amide bonds. The number of halogens is 1. The molecule has 7 heteroatoms. The second-order valence-electron chi connectivity index (χ2n) is 9.72. The minimum absolute atomic E-state index is 0.288. The van der Waals surface area contributed by atoms with Gasteiger partial charge in [-0.15, -0.1) is 0 Å². The van der Waals surface area contributed by atoms with Gasteiger partial charge in [-0.2, -0.15) is 0 Å². The summed E-state index contributed by atoms with van der Waals surface area (Å²) in [6.07, 6.45) is 7.22. The summed E-state index contributed by atoms with van der Waals surface area (Å²) in [6, 6.07) is 16.7. The summed E-state index contributed by atoms with van der Waals surface area (Å²) in [5.74, 6) is -1.68. The number of benzene rings is 2. The van der Waals surface area contributed by atoms with Crippen molar-refractivity contribution in [3.8, 4) is 11.1 Å². The first-order valence-corrected chi connectivity index (χ1v) is 11.9. The zero-order chi connectivity index (χ0) is 25.7. The van der Waals surface area contributed by atoms with E-state index in [1.54, 1.807) is 38.1 Å². The maximum absolute atomic E-state index is 14.2. The molecular formula is C29H30FN3O3. The molecule has 1 aromatic heterocycles. The van der Waals surface area contributed by atoms with E-state index in [-0.39, 0.29) is 5.82 Å². The van der Waals surface area contributed by atoms with E-state index in [0.29, 0.717) is 26.2 Å². The monoisotopic (exact) mass is 487 g/mol. The number of hydrogen-bond acceptors (Lipinski definition) is 5. The number of nitrogens with zero attached hydrogens (tertiary/aromatic N) is 3. The van der Waals surface area contributed by atoms with E-state index in [4.69, 9.17) is 4.74 Å². The Bertz CT molecular complexity index is 1240. The van der Waals surface area contributed by atoms with Gasteiger partial charge in [-0.05, 0) is 85.5 Å². The van der Waals surface area contributed by atoms with E-state index < -0.39 is 17.5 Å². The van der Waals surface area contributed by atoms with Crippen LogP contribution >= 0.6 is 0 Å². The molecule has 0 spiro atoms. The van der Waals surface area contributed by atoms with Crippen LogP contribution in [0, 0.1) is 5.82 Å². The highest BCUT2D eigenvalue weighted by Gasteiger charge is 2.30. The van der Waals surface area contributed by atoms with Crippen molar-refractivity contribution in [1.29, 1.82) is 0 Å². The van der Waals surface area contributed by atoms with Gasteiger partial charge >= 0.3 is 11.9 Å². The predicted octanol–water partition coefficient (Wildman–Crippen LogP) is 5.05. The van der Waals surface area contributed by atoms with Gasteiger partial charge in [0.1, 0.15) is 11.4 Å². The molecule has 1 aliphatic heterocycles. The second-order valence-corrected chi connectivity index (χ2v) is 9.72. The zero-order valence-corrected chi connectivity index (χ0v) is 20.8. The topological polar surface area (TPSA) is 62.7 Å². The van der Waals surface area contributed by atoms with Gasteiger partial charge in [-0.3, -0.25) is 9.78 Å². The third-order valence-electron chi connectivity index (χ3n) is 5.80. The molecule has 2 heterocycles. The van der Waals surface area contributed by atoms with Crippen LogP contribution < -0.4 is 4.90 Å². The van der Waals surface area contributed by atoms with Crippen molar-refractivity contribution in [2.24, 2.45) is 0 Å². The van der Waals surface area contributed by atoms with E-state index in [1.165, 1.54) is 12.1 Å². The van der Waals surface area contributed by atoms with Crippen molar-refractivity contribution >= 4 is 29.7 Å². The summed E-state index contributed by atoms with van der Waals surface area (Å²) >= 11 is 0. The largest absolute Gasteiger partial charge is 0.453 e. The number of ether oxygens (including phenoxy) is 1. The minimum Gasteiger partial charge on any atom is -0.453 e. The van der Waals surface area contributed by atoms with Crippen molar-refractivity contribution in [3.63, 3.8) is 0 Å². The molecule has 6 nitrogen and oxygen atoms in total. The van der Waals surface area contributed by atoms with Crippen LogP contribution in [0.5, 0.6) is 0 Å². The molecule has 1 fully saturated rings. The number of pyridine rings is 1. The van der Waals surface area contributed by atoms with Gasteiger partial charge in [0, 0.05) is 44.3 Å². The Balaban J connectivity index is 1.36. The fourth-order valence-corrected chi connectivity index (χ4v) is 4.03. The van der Waals surface area contributed by atoms with Crippen molar-refractivity contribution in [2.45, 2.75) is 26.4 Å². The first kappa shape index (κ1) is 25.1. The highest BCUT2D eigenvalue weighted by molar-refractivity contribution is 6.32. The Morgan fingerprint density at radius 2 is 1.50 bits per heavy atom. The lowest BCUT2D eigenvalue weighted by molar-refractivity contribution is -0.168. The Kier molecular flexibility index (Phi) is 7.48. The summed E-state index contributed by atoms with van der Waals surface area (Å²) < 4.78 is 19.4. The van der Waals surface area contributed by atoms with Gasteiger partial charge in [0.05, 0.1) is 0 Å². The highest BCUT2D eigenvalue weighted by Crippen LogP contribution is 2.23. The molecule has 2 aromatic carbocycles. The lowest BCUT2D eigenvalue weighted by atomic mass is 10.0. The number of esters is 1. The fraction of sp³-hybridized carbons (Fsp3) is 0.276. The SMILES string of the molecule is CC(C)(C)OC(=O)C(=O)N1CCN(c2ccc(C=Cc3cc(F)cc(-c4ccncc4)c3)cc2)CC1. The molecule has 0 aliphatic carbocycles. The average molecular weight is 488 g/mol. The predicted molar refractivity (Wildman–Crippen MR) is 140 cm³/mol. The first-order chi connectivity index (χ1) is 17.2. The van der Waals surface area contributed by atoms with E-state index in [9.17, 15) is 14.0 Å². The molecule has 0 N–H and O–H groups in total. The molecule has 0 unspecified atom stereocenters. The number of carbonyl (C=O) groups is 2. The Morgan fingerprint density at radius 1 is 0.861 bits per heavy atom. The molecule has 1 aliphatic rings. The van der Waals surface area contributed by atoms with E-state index in [2.05, 4.69) is 9.88 Å². The maximum Gasteiger partial charge on any atom is 0.397 e. The summed E-state index contributed by atoms with van der Waals surface area (Å²) in [5.41, 5.74) is 3.83. The van der Waals surface area contributed by atoms with Gasteiger partial charge in [0.15, 0.2) is 0 Å². The third kappa shape index (κ3) is 6.56. The number of rotatable bonds is 4. The van der Waals surface area contributed by atoms with Crippen molar-refractivity contribution < 1.29 is 18.7 Å². The van der Waals surface area contributed by atoms with Crippen LogP contribution in [-0.2, 0) is 14.3 Å². The molecule has 3 aromatic rings. The van der Waals surface area contributed by atoms with Gasteiger partial charge in [-0.25, -0.2) is 9.18 Å². The van der Waals surface area contributed by atoms with Crippen molar-refractivity contribution in [3.05, 3.63) is 83.9 Å². The van der Waals surface area contributed by atoms with Crippen LogP contribution in [-0.4, -0.2) is 53.5 Å². The zero-order valence-electron chi connectivity index (χ0n) is 20.8. The standard InChI is InChI=1S/C29H30FN3O3/c1-29(2,3)36-28(35)27(34)33-16-14-32(15-17-33)26-8-6-21(7-9-26)4-5-22-18-24(20-25(30)19-22)23-10-12-31-13-11-23/h4-13,18-20H,14-17H2,1-3H3. The van der Waals surface area contributed by atoms with E-state index >= 15 is 0 Å². The summed E-state index contributed by atoms with van der Waals surface area (Å²) in [4.78, 5) is 32.2. The van der Waals surface area contributed by atoms with Gasteiger partial charge in [0.25, 0.3) is 0 Å². The quantitative estimate of drug-likeness (QED) is 0.293. The van der Waals surface area contributed by atoms with E-state index in [1.807, 2.05) is 54.6 Å². The average Bonchev–Trinajstić information content (AvgIpc) is 2.87. The fourth-order valence-electron chi connectivity index (χ4n) is 4.03. The maximum atomic E-state index is 14.2. The molecule has 0 radical (unpaired) electrons. The number of aromatic nitrogens is 1. The normalized spacial score (nSPS) is 14.2. The van der Waals surface area contributed by atoms with Crippen molar-refractivity contribution in [2.75, 3.05) is 31.1 Å².